The summed E-state index contributed by atoms with van der Waals surface area (Å²) < 4.78 is 0. The zero-order chi connectivity index (χ0) is 13.8. The molecule has 2 rings (SSSR count). The second-order valence-electron chi connectivity index (χ2n) is 3.85. The van der Waals surface area contributed by atoms with Crippen molar-refractivity contribution in [3.8, 4) is 0 Å². The molecule has 7 heteroatoms. The summed E-state index contributed by atoms with van der Waals surface area (Å²) in [6.07, 6.45) is 1.31. The van der Waals surface area contributed by atoms with Crippen LogP contribution in [0.1, 0.15) is 16.1 Å². The van der Waals surface area contributed by atoms with Gasteiger partial charge < -0.3 is 5.32 Å². The minimum absolute atomic E-state index is 0.0604. The van der Waals surface area contributed by atoms with Crippen molar-refractivity contribution >= 4 is 29.1 Å². The van der Waals surface area contributed by atoms with Gasteiger partial charge >= 0.3 is 0 Å². The second kappa shape index (κ2) is 5.64. The van der Waals surface area contributed by atoms with Crippen molar-refractivity contribution in [2.24, 2.45) is 5.84 Å². The molecular weight excluding hydrogens is 266 g/mol. The number of nitrogens with zero attached hydrogens (tertiary/aromatic N) is 2. The topological polar surface area (TPSA) is 92.9 Å². The number of nitrogens with one attached hydrogen (secondary N) is 2. The number of hydrazine groups is 1. The number of halogens is 1. The van der Waals surface area contributed by atoms with Gasteiger partial charge in [-0.15, -0.1) is 0 Å². The molecule has 0 unspecified atom stereocenters. The highest BCUT2D eigenvalue weighted by molar-refractivity contribution is 6.34. The molecule has 0 saturated heterocycles. The molecule has 0 radical (unpaired) electrons. The van der Waals surface area contributed by atoms with E-state index in [1.54, 1.807) is 12.1 Å². The van der Waals surface area contributed by atoms with Gasteiger partial charge in [0.15, 0.2) is 5.69 Å². The predicted molar refractivity (Wildman–Crippen MR) is 74.0 cm³/mol. The Labute approximate surface area is 115 Å². The van der Waals surface area contributed by atoms with E-state index in [4.69, 9.17) is 17.4 Å². The Hall–Kier alpha value is -2.18. The highest BCUT2D eigenvalue weighted by Crippen LogP contribution is 2.16. The molecule has 0 saturated carbocycles. The van der Waals surface area contributed by atoms with Crippen LogP contribution in [0, 0.1) is 6.92 Å². The SMILES string of the molecule is Cc1ccc(NC(=O)c2nc(NN)ncc2Cl)cc1. The molecule has 1 aromatic carbocycles. The molecule has 6 nitrogen and oxygen atoms in total. The van der Waals surface area contributed by atoms with Crippen molar-refractivity contribution in [3.05, 3.63) is 46.7 Å². The summed E-state index contributed by atoms with van der Waals surface area (Å²) in [5.41, 5.74) is 4.08. The predicted octanol–water partition coefficient (Wildman–Crippen LogP) is 1.98. The summed E-state index contributed by atoms with van der Waals surface area (Å²) in [5, 5.41) is 2.85. The quantitative estimate of drug-likeness (QED) is 0.589. The average molecular weight is 278 g/mol. The number of benzene rings is 1. The van der Waals surface area contributed by atoms with Crippen LogP contribution in [0.5, 0.6) is 0 Å². The van der Waals surface area contributed by atoms with Crippen LogP contribution in [0.15, 0.2) is 30.5 Å². The van der Waals surface area contributed by atoms with Crippen LogP contribution in [0.25, 0.3) is 0 Å². The fourth-order valence-corrected chi connectivity index (χ4v) is 1.60. The standard InChI is InChI=1S/C12H12ClN5O/c1-7-2-4-8(5-3-7)16-11(19)10-9(13)6-15-12(17-10)18-14/h2-6H,14H2,1H3,(H,16,19)(H,15,17,18). The Balaban J connectivity index is 2.22. The molecule has 19 heavy (non-hydrogen) atoms. The lowest BCUT2D eigenvalue weighted by Gasteiger charge is -2.07. The van der Waals surface area contributed by atoms with Gasteiger partial charge in [-0.25, -0.2) is 15.8 Å². The minimum atomic E-state index is -0.423. The van der Waals surface area contributed by atoms with E-state index in [0.29, 0.717) is 5.69 Å². The Morgan fingerprint density at radius 2 is 2.00 bits per heavy atom. The normalized spacial score (nSPS) is 10.1. The zero-order valence-electron chi connectivity index (χ0n) is 10.1. The minimum Gasteiger partial charge on any atom is -0.321 e. The van der Waals surface area contributed by atoms with E-state index in [1.165, 1.54) is 6.20 Å². The molecule has 2 aromatic rings. The molecule has 0 fully saturated rings. The summed E-state index contributed by atoms with van der Waals surface area (Å²) in [7, 11) is 0. The van der Waals surface area contributed by atoms with E-state index in [-0.39, 0.29) is 16.7 Å². The van der Waals surface area contributed by atoms with E-state index in [1.807, 2.05) is 19.1 Å². The number of amides is 1. The summed E-state index contributed by atoms with van der Waals surface area (Å²) >= 11 is 5.89. The number of hydrogen-bond donors (Lipinski definition) is 3. The fraction of sp³-hybridized carbons (Fsp3) is 0.0833. The molecule has 1 amide bonds. The monoisotopic (exact) mass is 277 g/mol. The van der Waals surface area contributed by atoms with Crippen molar-refractivity contribution in [3.63, 3.8) is 0 Å². The van der Waals surface area contributed by atoms with Gasteiger partial charge in [0.25, 0.3) is 5.91 Å². The number of aryl methyl sites for hydroxylation is 1. The zero-order valence-corrected chi connectivity index (χ0v) is 10.9. The Kier molecular flexibility index (Phi) is 3.94. The van der Waals surface area contributed by atoms with Crippen LogP contribution in [0.3, 0.4) is 0 Å². The Morgan fingerprint density at radius 1 is 1.32 bits per heavy atom. The van der Waals surface area contributed by atoms with Gasteiger partial charge in [-0.2, -0.15) is 0 Å². The van der Waals surface area contributed by atoms with Crippen LogP contribution in [0.2, 0.25) is 5.02 Å². The lowest BCUT2D eigenvalue weighted by atomic mass is 10.2. The molecule has 0 aliphatic rings. The van der Waals surface area contributed by atoms with Crippen LogP contribution in [0.4, 0.5) is 11.6 Å². The number of aromatic nitrogens is 2. The van der Waals surface area contributed by atoms with Gasteiger partial charge in [-0.3, -0.25) is 10.2 Å². The van der Waals surface area contributed by atoms with Gasteiger partial charge in [0.1, 0.15) is 0 Å². The molecule has 0 aliphatic carbocycles. The molecule has 0 bridgehead atoms. The summed E-state index contributed by atoms with van der Waals surface area (Å²) in [6, 6.07) is 7.38. The number of hydrogen-bond acceptors (Lipinski definition) is 5. The van der Waals surface area contributed by atoms with Crippen molar-refractivity contribution in [1.29, 1.82) is 0 Å². The van der Waals surface area contributed by atoms with Gasteiger partial charge in [-0.1, -0.05) is 29.3 Å². The van der Waals surface area contributed by atoms with Crippen molar-refractivity contribution in [1.82, 2.24) is 9.97 Å². The smallest absolute Gasteiger partial charge is 0.276 e. The molecular formula is C12H12ClN5O. The van der Waals surface area contributed by atoms with Gasteiger partial charge in [0.05, 0.1) is 11.2 Å². The van der Waals surface area contributed by atoms with Gasteiger partial charge in [0.2, 0.25) is 5.95 Å². The van der Waals surface area contributed by atoms with E-state index in [9.17, 15) is 4.79 Å². The first-order valence-electron chi connectivity index (χ1n) is 5.47. The molecule has 98 valence electrons. The van der Waals surface area contributed by atoms with Crippen molar-refractivity contribution in [2.45, 2.75) is 6.92 Å². The highest BCUT2D eigenvalue weighted by Gasteiger charge is 2.14. The first-order chi connectivity index (χ1) is 9.10. The fourth-order valence-electron chi connectivity index (χ4n) is 1.42. The van der Waals surface area contributed by atoms with E-state index in [0.717, 1.165) is 5.56 Å². The molecule has 4 N–H and O–H groups in total. The number of carbonyl (C=O) groups excluding carboxylic acids is 1. The van der Waals surface area contributed by atoms with Crippen LogP contribution < -0.4 is 16.6 Å². The summed E-state index contributed by atoms with van der Waals surface area (Å²) in [4.78, 5) is 19.7. The number of carbonyl (C=O) groups is 1. The number of nitrogen functional groups attached to an aromatic ring is 1. The van der Waals surface area contributed by atoms with Crippen LogP contribution in [-0.4, -0.2) is 15.9 Å². The number of anilines is 2. The summed E-state index contributed by atoms with van der Waals surface area (Å²) in [6.45, 7) is 1.96. The maximum atomic E-state index is 12.0. The third-order valence-electron chi connectivity index (χ3n) is 2.40. The van der Waals surface area contributed by atoms with Crippen LogP contribution >= 0.6 is 11.6 Å². The molecule has 0 aliphatic heterocycles. The molecule has 0 atom stereocenters. The highest BCUT2D eigenvalue weighted by atomic mass is 35.5. The van der Waals surface area contributed by atoms with Gasteiger partial charge in [0, 0.05) is 5.69 Å². The lowest BCUT2D eigenvalue weighted by Crippen LogP contribution is -2.17. The first kappa shape index (κ1) is 13.3. The largest absolute Gasteiger partial charge is 0.321 e. The Bertz CT molecular complexity index is 600. The van der Waals surface area contributed by atoms with E-state index in [2.05, 4.69) is 20.7 Å². The van der Waals surface area contributed by atoms with Crippen LogP contribution in [-0.2, 0) is 0 Å². The maximum absolute atomic E-state index is 12.0. The number of rotatable bonds is 3. The Morgan fingerprint density at radius 3 is 2.63 bits per heavy atom. The third-order valence-corrected chi connectivity index (χ3v) is 2.67. The lowest BCUT2D eigenvalue weighted by molar-refractivity contribution is 0.102. The maximum Gasteiger partial charge on any atom is 0.276 e. The van der Waals surface area contributed by atoms with E-state index < -0.39 is 5.91 Å². The van der Waals surface area contributed by atoms with Crippen molar-refractivity contribution in [2.75, 3.05) is 10.7 Å². The average Bonchev–Trinajstić information content (AvgIpc) is 2.42. The molecule has 1 heterocycles. The molecule has 1 aromatic heterocycles. The summed E-state index contributed by atoms with van der Waals surface area (Å²) in [5.74, 6) is 4.89. The van der Waals surface area contributed by atoms with E-state index >= 15 is 0 Å². The third kappa shape index (κ3) is 3.18. The van der Waals surface area contributed by atoms with Crippen molar-refractivity contribution < 1.29 is 4.79 Å². The number of nitrogens with two attached hydrogens (primary N) is 1. The van der Waals surface area contributed by atoms with Gasteiger partial charge in [-0.05, 0) is 19.1 Å². The molecule has 0 spiro atoms. The first-order valence-corrected chi connectivity index (χ1v) is 5.85. The second-order valence-corrected chi connectivity index (χ2v) is 4.26.